The summed E-state index contributed by atoms with van der Waals surface area (Å²) in [6.07, 6.45) is -8.21. The molecule has 1 saturated heterocycles. The molecule has 0 amide bonds. The lowest BCUT2D eigenvalue weighted by Gasteiger charge is -2.43. The quantitative estimate of drug-likeness (QED) is 0.149. The molecule has 4 aromatic rings. The summed E-state index contributed by atoms with van der Waals surface area (Å²) in [5, 5.41) is 0. The van der Waals surface area contributed by atoms with Crippen molar-refractivity contribution in [3.63, 3.8) is 0 Å². The topological polar surface area (TPSA) is 158 Å². The Morgan fingerprint density at radius 1 is 0.612 bits per heavy atom. The molecule has 0 aromatic heterocycles. The molecule has 1 fully saturated rings. The number of ether oxygens (including phenoxy) is 4. The molecular weight excluding hydrogens is 677 g/mol. The van der Waals surface area contributed by atoms with E-state index in [1.807, 2.05) is 0 Å². The summed E-state index contributed by atoms with van der Waals surface area (Å²) < 4.78 is 87.9. The standard InChI is InChI=1S/C35H34O12S2/c1-23-14-18-27(19-15-23)48(38,39)43-22-29-30(47-49(40,41)28-20-16-24(2)17-21-28)31(45-33(36)25-10-6-4-7-11-25)32(35(42-3)44-29)46-34(37)26-12-8-5-9-13-26/h4-21,29-32,35H,22H2,1-3H3/t29-,30-,31+,32-,35+/m0/s1. The first kappa shape index (κ1) is 35.9. The van der Waals surface area contributed by atoms with Crippen molar-refractivity contribution in [2.45, 2.75) is 54.3 Å². The molecule has 14 heteroatoms. The number of carbonyl (C=O) groups excluding carboxylic acids is 2. The number of rotatable bonds is 12. The van der Waals surface area contributed by atoms with Crippen molar-refractivity contribution in [2.24, 2.45) is 0 Å². The summed E-state index contributed by atoms with van der Waals surface area (Å²) >= 11 is 0. The Kier molecular flexibility index (Phi) is 11.3. The Hall–Kier alpha value is -4.44. The van der Waals surface area contributed by atoms with Crippen LogP contribution in [0.2, 0.25) is 0 Å². The van der Waals surface area contributed by atoms with E-state index >= 15 is 0 Å². The van der Waals surface area contributed by atoms with Gasteiger partial charge in [0.1, 0.15) is 12.2 Å². The van der Waals surface area contributed by atoms with Gasteiger partial charge >= 0.3 is 11.9 Å². The molecule has 12 nitrogen and oxygen atoms in total. The smallest absolute Gasteiger partial charge is 0.338 e. The van der Waals surface area contributed by atoms with E-state index in [1.54, 1.807) is 74.5 Å². The second-order valence-corrected chi connectivity index (χ2v) is 14.3. The molecule has 1 aliphatic rings. The normalized spacial score (nSPS) is 21.1. The predicted octanol–water partition coefficient (Wildman–Crippen LogP) is 4.61. The molecule has 0 spiro atoms. The van der Waals surface area contributed by atoms with Crippen LogP contribution in [-0.4, -0.2) is 73.2 Å². The Balaban J connectivity index is 1.56. The van der Waals surface area contributed by atoms with Crippen LogP contribution in [0.5, 0.6) is 0 Å². The van der Waals surface area contributed by atoms with E-state index in [9.17, 15) is 26.4 Å². The van der Waals surface area contributed by atoms with Crippen LogP contribution in [0.15, 0.2) is 119 Å². The zero-order chi connectivity index (χ0) is 35.2. The van der Waals surface area contributed by atoms with Crippen LogP contribution >= 0.6 is 0 Å². The van der Waals surface area contributed by atoms with E-state index in [4.69, 9.17) is 27.3 Å². The first-order valence-corrected chi connectivity index (χ1v) is 17.9. The zero-order valence-electron chi connectivity index (χ0n) is 26.7. The van der Waals surface area contributed by atoms with Crippen molar-refractivity contribution < 1.29 is 53.7 Å². The van der Waals surface area contributed by atoms with Gasteiger partial charge in [0, 0.05) is 7.11 Å². The predicted molar refractivity (Wildman–Crippen MR) is 175 cm³/mol. The van der Waals surface area contributed by atoms with Crippen LogP contribution in [0.4, 0.5) is 0 Å². The zero-order valence-corrected chi connectivity index (χ0v) is 28.3. The van der Waals surface area contributed by atoms with Crippen molar-refractivity contribution in [1.29, 1.82) is 0 Å². The van der Waals surface area contributed by atoms with Gasteiger partial charge in [-0.05, 0) is 62.4 Å². The molecular formula is C35H34O12S2. The fourth-order valence-corrected chi connectivity index (χ4v) is 6.97. The number of aryl methyl sites for hydroxylation is 2. The average Bonchev–Trinajstić information content (AvgIpc) is 3.10. The molecule has 5 atom stereocenters. The van der Waals surface area contributed by atoms with Gasteiger partial charge in [0.15, 0.2) is 18.5 Å². The molecule has 0 bridgehead atoms. The highest BCUT2D eigenvalue weighted by Gasteiger charge is 2.53. The third kappa shape index (κ3) is 8.78. The van der Waals surface area contributed by atoms with Gasteiger partial charge in [-0.2, -0.15) is 16.8 Å². The second-order valence-electron chi connectivity index (χ2n) is 11.1. The fraction of sp³-hybridized carbons (Fsp3) is 0.257. The molecule has 0 unspecified atom stereocenters. The third-order valence-corrected chi connectivity index (χ3v) is 10.2. The highest BCUT2D eigenvalue weighted by atomic mass is 32.2. The molecule has 49 heavy (non-hydrogen) atoms. The first-order chi connectivity index (χ1) is 23.4. The fourth-order valence-electron chi connectivity index (χ4n) is 4.95. The highest BCUT2D eigenvalue weighted by molar-refractivity contribution is 7.87. The summed E-state index contributed by atoms with van der Waals surface area (Å²) in [4.78, 5) is 26.4. The van der Waals surface area contributed by atoms with Crippen LogP contribution in [-0.2, 0) is 47.5 Å². The number of methoxy groups -OCH3 is 1. The lowest BCUT2D eigenvalue weighted by molar-refractivity contribution is -0.286. The number of hydrogen-bond donors (Lipinski definition) is 0. The van der Waals surface area contributed by atoms with Gasteiger partial charge in [0.25, 0.3) is 20.2 Å². The SMILES string of the molecule is CO[C@@H]1O[C@@H](COS(=O)(=O)c2ccc(C)cc2)[C@H](OS(=O)(=O)c2ccc(C)cc2)[C@@H](OC(=O)c2ccccc2)[C@@H]1OC(=O)c1ccccc1. The minimum atomic E-state index is -4.64. The van der Waals surface area contributed by atoms with Crippen molar-refractivity contribution in [1.82, 2.24) is 0 Å². The van der Waals surface area contributed by atoms with Crippen molar-refractivity contribution >= 4 is 32.2 Å². The summed E-state index contributed by atoms with van der Waals surface area (Å²) in [5.74, 6) is -1.79. The van der Waals surface area contributed by atoms with E-state index in [-0.39, 0.29) is 20.9 Å². The molecule has 1 aliphatic heterocycles. The van der Waals surface area contributed by atoms with Gasteiger partial charge in [-0.15, -0.1) is 0 Å². The van der Waals surface area contributed by atoms with Crippen LogP contribution < -0.4 is 0 Å². The summed E-state index contributed by atoms with van der Waals surface area (Å²) in [6, 6.07) is 27.3. The summed E-state index contributed by atoms with van der Waals surface area (Å²) in [5.41, 5.74) is 1.81. The van der Waals surface area contributed by atoms with Gasteiger partial charge < -0.3 is 18.9 Å². The van der Waals surface area contributed by atoms with E-state index in [1.165, 1.54) is 55.6 Å². The maximum atomic E-state index is 13.7. The molecule has 0 saturated carbocycles. The Bertz CT molecular complexity index is 1950. The Morgan fingerprint density at radius 3 is 1.53 bits per heavy atom. The van der Waals surface area contributed by atoms with Crippen LogP contribution in [0.3, 0.4) is 0 Å². The summed E-state index contributed by atoms with van der Waals surface area (Å²) in [7, 11) is -7.82. The van der Waals surface area contributed by atoms with Crippen molar-refractivity contribution in [2.75, 3.05) is 13.7 Å². The average molecular weight is 711 g/mol. The van der Waals surface area contributed by atoms with Crippen LogP contribution in [0.25, 0.3) is 0 Å². The van der Waals surface area contributed by atoms with Crippen molar-refractivity contribution in [3.8, 4) is 0 Å². The number of benzene rings is 4. The Morgan fingerprint density at radius 2 is 1.06 bits per heavy atom. The highest BCUT2D eigenvalue weighted by Crippen LogP contribution is 2.33. The van der Waals surface area contributed by atoms with Gasteiger partial charge in [-0.1, -0.05) is 71.8 Å². The van der Waals surface area contributed by atoms with E-state index in [0.29, 0.717) is 0 Å². The molecule has 4 aromatic carbocycles. The van der Waals surface area contributed by atoms with Gasteiger partial charge in [0.05, 0.1) is 27.5 Å². The molecule has 1 heterocycles. The van der Waals surface area contributed by atoms with E-state index in [0.717, 1.165) is 11.1 Å². The monoisotopic (exact) mass is 710 g/mol. The van der Waals surface area contributed by atoms with Gasteiger partial charge in [-0.25, -0.2) is 9.59 Å². The second kappa shape index (κ2) is 15.4. The maximum absolute atomic E-state index is 13.7. The van der Waals surface area contributed by atoms with Crippen LogP contribution in [0.1, 0.15) is 31.8 Å². The van der Waals surface area contributed by atoms with E-state index < -0.39 is 69.5 Å². The Labute approximate surface area is 284 Å². The van der Waals surface area contributed by atoms with Gasteiger partial charge in [-0.3, -0.25) is 8.37 Å². The molecule has 5 rings (SSSR count). The molecule has 0 aliphatic carbocycles. The largest absolute Gasteiger partial charge is 0.452 e. The van der Waals surface area contributed by atoms with Crippen LogP contribution in [0, 0.1) is 13.8 Å². The minimum Gasteiger partial charge on any atom is -0.452 e. The minimum absolute atomic E-state index is 0.0889. The maximum Gasteiger partial charge on any atom is 0.338 e. The van der Waals surface area contributed by atoms with Crippen molar-refractivity contribution in [3.05, 3.63) is 131 Å². The van der Waals surface area contributed by atoms with Gasteiger partial charge in [0.2, 0.25) is 0 Å². The first-order valence-electron chi connectivity index (χ1n) is 15.0. The number of esters is 2. The molecule has 0 N–H and O–H groups in total. The number of hydrogen-bond acceptors (Lipinski definition) is 12. The summed E-state index contributed by atoms with van der Waals surface area (Å²) in [6.45, 7) is 2.75. The third-order valence-electron chi connectivity index (χ3n) is 7.57. The van der Waals surface area contributed by atoms with E-state index in [2.05, 4.69) is 0 Å². The molecule has 0 radical (unpaired) electrons. The number of carbonyl (C=O) groups is 2. The molecule has 258 valence electrons. The lowest BCUT2D eigenvalue weighted by atomic mass is 9.98. The lowest BCUT2D eigenvalue weighted by Crippen LogP contribution is -2.63.